The first-order valence-electron chi connectivity index (χ1n) is 6.16. The molecule has 0 spiro atoms. The van der Waals surface area contributed by atoms with Crippen LogP contribution in [-0.4, -0.2) is 19.8 Å². The predicted octanol–water partition coefficient (Wildman–Crippen LogP) is 1.25. The molecule has 3 heteroatoms. The monoisotopic (exact) mass is 220 g/mol. The lowest BCUT2D eigenvalue weighted by Gasteiger charge is -2.23. The first kappa shape index (κ1) is 9.97. The standard InChI is InChI=1S/C13H17NO2/c1-2-6-14-11(3-1)10-4-5-12-13(9-10)16-8-7-15-12/h4-5,9,11,14H,1-3,6-8H2/p+1/t11-/m0/s1. The van der Waals surface area contributed by atoms with Gasteiger partial charge in [0.25, 0.3) is 0 Å². The Morgan fingerprint density at radius 2 is 1.94 bits per heavy atom. The van der Waals surface area contributed by atoms with E-state index in [4.69, 9.17) is 9.47 Å². The minimum atomic E-state index is 0.615. The number of rotatable bonds is 1. The molecule has 2 heterocycles. The topological polar surface area (TPSA) is 35.1 Å². The summed E-state index contributed by atoms with van der Waals surface area (Å²) in [4.78, 5) is 0. The molecule has 0 aliphatic carbocycles. The van der Waals surface area contributed by atoms with Gasteiger partial charge in [-0.15, -0.1) is 0 Å². The van der Waals surface area contributed by atoms with Crippen molar-refractivity contribution >= 4 is 0 Å². The van der Waals surface area contributed by atoms with Crippen LogP contribution < -0.4 is 14.8 Å². The normalized spacial score (nSPS) is 24.1. The number of fused-ring (bicyclic) bond motifs is 1. The van der Waals surface area contributed by atoms with Gasteiger partial charge < -0.3 is 14.8 Å². The molecule has 0 radical (unpaired) electrons. The summed E-state index contributed by atoms with van der Waals surface area (Å²) >= 11 is 0. The van der Waals surface area contributed by atoms with Crippen LogP contribution in [-0.2, 0) is 0 Å². The van der Waals surface area contributed by atoms with E-state index in [1.807, 2.05) is 6.07 Å². The molecule has 86 valence electrons. The van der Waals surface area contributed by atoms with E-state index in [0.717, 1.165) is 11.5 Å². The summed E-state index contributed by atoms with van der Waals surface area (Å²) in [5.74, 6) is 1.81. The van der Waals surface area contributed by atoms with Gasteiger partial charge in [-0.25, -0.2) is 0 Å². The highest BCUT2D eigenvalue weighted by atomic mass is 16.6. The first-order chi connectivity index (χ1) is 7.93. The van der Waals surface area contributed by atoms with Crippen molar-refractivity contribution in [2.75, 3.05) is 19.8 Å². The number of benzene rings is 1. The van der Waals surface area contributed by atoms with Gasteiger partial charge in [0.15, 0.2) is 11.5 Å². The van der Waals surface area contributed by atoms with Crippen LogP contribution in [0.4, 0.5) is 0 Å². The van der Waals surface area contributed by atoms with Gasteiger partial charge in [0.2, 0.25) is 0 Å². The number of piperidine rings is 1. The fourth-order valence-electron chi connectivity index (χ4n) is 2.54. The molecule has 1 fully saturated rings. The lowest BCUT2D eigenvalue weighted by Crippen LogP contribution is -2.86. The van der Waals surface area contributed by atoms with Crippen molar-refractivity contribution in [1.29, 1.82) is 0 Å². The Kier molecular flexibility index (Phi) is 2.70. The Bertz CT molecular complexity index is 372. The van der Waals surface area contributed by atoms with Crippen LogP contribution in [0.15, 0.2) is 18.2 Å². The zero-order valence-corrected chi connectivity index (χ0v) is 9.45. The quantitative estimate of drug-likeness (QED) is 0.773. The number of nitrogens with two attached hydrogens (primary N) is 1. The molecule has 2 aliphatic heterocycles. The highest BCUT2D eigenvalue weighted by molar-refractivity contribution is 5.44. The molecule has 0 saturated carbocycles. The molecule has 3 nitrogen and oxygen atoms in total. The molecule has 2 aliphatic rings. The maximum absolute atomic E-state index is 5.62. The van der Waals surface area contributed by atoms with Crippen molar-refractivity contribution < 1.29 is 14.8 Å². The van der Waals surface area contributed by atoms with Gasteiger partial charge in [0.1, 0.15) is 19.3 Å². The number of ether oxygens (including phenoxy) is 2. The van der Waals surface area contributed by atoms with Gasteiger partial charge in [-0.05, 0) is 31.0 Å². The average Bonchev–Trinajstić information content (AvgIpc) is 2.39. The highest BCUT2D eigenvalue weighted by Gasteiger charge is 2.21. The molecule has 1 aromatic carbocycles. The van der Waals surface area contributed by atoms with E-state index in [0.29, 0.717) is 19.3 Å². The van der Waals surface area contributed by atoms with Crippen molar-refractivity contribution in [3.8, 4) is 11.5 Å². The van der Waals surface area contributed by atoms with Gasteiger partial charge in [-0.1, -0.05) is 0 Å². The van der Waals surface area contributed by atoms with Gasteiger partial charge in [0, 0.05) is 12.0 Å². The van der Waals surface area contributed by atoms with E-state index >= 15 is 0 Å². The summed E-state index contributed by atoms with van der Waals surface area (Å²) in [5, 5.41) is 2.44. The highest BCUT2D eigenvalue weighted by Crippen LogP contribution is 2.33. The Morgan fingerprint density at radius 1 is 1.06 bits per heavy atom. The Morgan fingerprint density at radius 3 is 2.75 bits per heavy atom. The summed E-state index contributed by atoms with van der Waals surface area (Å²) in [7, 11) is 0. The Labute approximate surface area is 95.8 Å². The van der Waals surface area contributed by atoms with Crippen LogP contribution in [0.2, 0.25) is 0 Å². The molecule has 0 unspecified atom stereocenters. The third-order valence-electron chi connectivity index (χ3n) is 3.41. The summed E-state index contributed by atoms with van der Waals surface area (Å²) < 4.78 is 11.1. The Hall–Kier alpha value is -1.22. The molecule has 16 heavy (non-hydrogen) atoms. The summed E-state index contributed by atoms with van der Waals surface area (Å²) in [6, 6.07) is 7.00. The summed E-state index contributed by atoms with van der Waals surface area (Å²) in [6.07, 6.45) is 3.97. The predicted molar refractivity (Wildman–Crippen MR) is 60.8 cm³/mol. The number of quaternary nitrogens is 1. The van der Waals surface area contributed by atoms with Crippen molar-refractivity contribution in [1.82, 2.24) is 0 Å². The fourth-order valence-corrected chi connectivity index (χ4v) is 2.54. The summed E-state index contributed by atoms with van der Waals surface area (Å²) in [5.41, 5.74) is 1.38. The van der Waals surface area contributed by atoms with Crippen LogP contribution >= 0.6 is 0 Å². The fraction of sp³-hybridized carbons (Fsp3) is 0.538. The van der Waals surface area contributed by atoms with Crippen molar-refractivity contribution in [2.45, 2.75) is 25.3 Å². The lowest BCUT2D eigenvalue weighted by atomic mass is 9.97. The van der Waals surface area contributed by atoms with Crippen LogP contribution in [0.3, 0.4) is 0 Å². The lowest BCUT2D eigenvalue weighted by molar-refractivity contribution is -0.704. The molecule has 1 aromatic rings. The molecular formula is C13H18NO2+. The van der Waals surface area contributed by atoms with E-state index in [-0.39, 0.29) is 0 Å². The molecule has 1 atom stereocenters. The van der Waals surface area contributed by atoms with Crippen molar-refractivity contribution in [2.24, 2.45) is 0 Å². The number of hydrogen-bond acceptors (Lipinski definition) is 2. The maximum Gasteiger partial charge on any atom is 0.161 e. The van der Waals surface area contributed by atoms with Crippen LogP contribution in [0, 0.1) is 0 Å². The second-order valence-electron chi connectivity index (χ2n) is 4.53. The minimum Gasteiger partial charge on any atom is -0.486 e. The van der Waals surface area contributed by atoms with Gasteiger partial charge in [0.05, 0.1) is 6.54 Å². The SMILES string of the molecule is c1cc2c(cc1[C@@H]1CCCC[NH2+]1)OCCO2. The van der Waals surface area contributed by atoms with E-state index in [1.165, 1.54) is 31.4 Å². The molecular weight excluding hydrogens is 202 g/mol. The number of hydrogen-bond donors (Lipinski definition) is 1. The first-order valence-corrected chi connectivity index (χ1v) is 6.16. The second-order valence-corrected chi connectivity index (χ2v) is 4.53. The van der Waals surface area contributed by atoms with Crippen molar-refractivity contribution in [3.63, 3.8) is 0 Å². The molecule has 3 rings (SSSR count). The minimum absolute atomic E-state index is 0.615. The molecule has 0 bridgehead atoms. The maximum atomic E-state index is 5.62. The Balaban J connectivity index is 1.84. The van der Waals surface area contributed by atoms with Crippen LogP contribution in [0.1, 0.15) is 30.9 Å². The van der Waals surface area contributed by atoms with Gasteiger partial charge in [-0.2, -0.15) is 0 Å². The zero-order chi connectivity index (χ0) is 10.8. The van der Waals surface area contributed by atoms with E-state index < -0.39 is 0 Å². The largest absolute Gasteiger partial charge is 0.486 e. The van der Waals surface area contributed by atoms with Crippen LogP contribution in [0.25, 0.3) is 0 Å². The average molecular weight is 220 g/mol. The third-order valence-corrected chi connectivity index (χ3v) is 3.41. The summed E-state index contributed by atoms with van der Waals surface area (Å²) in [6.45, 7) is 2.59. The van der Waals surface area contributed by atoms with Crippen LogP contribution in [0.5, 0.6) is 11.5 Å². The van der Waals surface area contributed by atoms with Gasteiger partial charge in [-0.3, -0.25) is 0 Å². The van der Waals surface area contributed by atoms with E-state index in [9.17, 15) is 0 Å². The third kappa shape index (κ3) is 1.87. The molecule has 0 amide bonds. The van der Waals surface area contributed by atoms with Crippen molar-refractivity contribution in [3.05, 3.63) is 23.8 Å². The van der Waals surface area contributed by atoms with E-state index in [2.05, 4.69) is 17.4 Å². The molecule has 1 saturated heterocycles. The smallest absolute Gasteiger partial charge is 0.161 e. The zero-order valence-electron chi connectivity index (χ0n) is 9.45. The second kappa shape index (κ2) is 4.34. The van der Waals surface area contributed by atoms with E-state index in [1.54, 1.807) is 0 Å². The van der Waals surface area contributed by atoms with Gasteiger partial charge >= 0.3 is 0 Å². The molecule has 0 aromatic heterocycles. The molecule has 2 N–H and O–H groups in total.